The van der Waals surface area contributed by atoms with E-state index in [1.807, 2.05) is 12.1 Å². The molecule has 0 bridgehead atoms. The van der Waals surface area contributed by atoms with E-state index in [9.17, 15) is 4.79 Å². The Kier molecular flexibility index (Phi) is 4.77. The number of halogens is 2. The van der Waals surface area contributed by atoms with Crippen molar-refractivity contribution in [3.63, 3.8) is 0 Å². The molecule has 3 aromatic carbocycles. The summed E-state index contributed by atoms with van der Waals surface area (Å²) in [7, 11) is 0. The molecule has 0 spiro atoms. The molecule has 1 aliphatic rings. The Hall–Kier alpha value is -3.15. The van der Waals surface area contributed by atoms with Gasteiger partial charge in [-0.1, -0.05) is 23.7 Å². The molecule has 7 heteroatoms. The molecule has 0 amide bonds. The van der Waals surface area contributed by atoms with Crippen LogP contribution in [0.2, 0.25) is 10.3 Å². The van der Waals surface area contributed by atoms with Crippen molar-refractivity contribution in [3.05, 3.63) is 82.1 Å². The minimum absolute atomic E-state index is 0.128. The number of hydrogen-bond acceptors (Lipinski definition) is 5. The zero-order valence-corrected chi connectivity index (χ0v) is 17.1. The molecule has 2 heterocycles. The molecule has 148 valence electrons. The number of carbonyl (C=O) groups is 1. The first-order chi connectivity index (χ1) is 14.6. The summed E-state index contributed by atoms with van der Waals surface area (Å²) in [5.41, 5.74) is 3.07. The summed E-state index contributed by atoms with van der Waals surface area (Å²) in [4.78, 5) is 21.8. The predicted molar refractivity (Wildman–Crippen MR) is 116 cm³/mol. The van der Waals surface area contributed by atoms with Crippen LogP contribution >= 0.6 is 23.2 Å². The Balaban J connectivity index is 1.61. The van der Waals surface area contributed by atoms with Gasteiger partial charge in [0.15, 0.2) is 17.3 Å². The van der Waals surface area contributed by atoms with Crippen molar-refractivity contribution in [3.8, 4) is 22.8 Å². The molecule has 0 radical (unpaired) electrons. The highest BCUT2D eigenvalue weighted by Crippen LogP contribution is 2.33. The van der Waals surface area contributed by atoms with Crippen LogP contribution < -0.4 is 9.47 Å². The highest BCUT2D eigenvalue weighted by atomic mass is 35.5. The van der Waals surface area contributed by atoms with Crippen LogP contribution in [0.4, 0.5) is 0 Å². The summed E-state index contributed by atoms with van der Waals surface area (Å²) >= 11 is 12.3. The van der Waals surface area contributed by atoms with Crippen molar-refractivity contribution >= 4 is 39.9 Å². The van der Waals surface area contributed by atoms with Crippen LogP contribution in [-0.2, 0) is 0 Å². The summed E-state index contributed by atoms with van der Waals surface area (Å²) in [6, 6.07) is 17.8. The van der Waals surface area contributed by atoms with Gasteiger partial charge in [0.2, 0.25) is 5.28 Å². The third-order valence-corrected chi connectivity index (χ3v) is 5.24. The molecule has 0 aliphatic carbocycles. The van der Waals surface area contributed by atoms with E-state index in [1.54, 1.807) is 48.5 Å². The normalized spacial score (nSPS) is 12.7. The van der Waals surface area contributed by atoms with Crippen LogP contribution in [0.1, 0.15) is 15.9 Å². The summed E-state index contributed by atoms with van der Waals surface area (Å²) in [5.74, 6) is 1.08. The smallest absolute Gasteiger partial charge is 0.223 e. The summed E-state index contributed by atoms with van der Waals surface area (Å²) in [5, 5.41) is 1.42. The van der Waals surface area contributed by atoms with Gasteiger partial charge in [0.1, 0.15) is 13.2 Å². The standard InChI is InChI=1S/C23H14Cl2N2O3/c24-16-3-1-2-13(10-16)21-17-11-14(4-6-18(17)26-23(25)27-21)22(28)15-5-7-19-20(12-15)30-9-8-29-19/h1-7,10-12H,8-9H2. The molecule has 1 aromatic heterocycles. The third-order valence-electron chi connectivity index (χ3n) is 4.83. The predicted octanol–water partition coefficient (Wildman–Crippen LogP) is 5.61. The quantitative estimate of drug-likeness (QED) is 0.308. The lowest BCUT2D eigenvalue weighted by molar-refractivity contribution is 0.103. The molecular weight excluding hydrogens is 423 g/mol. The maximum absolute atomic E-state index is 13.2. The Labute approximate surface area is 182 Å². The minimum Gasteiger partial charge on any atom is -0.486 e. The van der Waals surface area contributed by atoms with Crippen molar-refractivity contribution < 1.29 is 14.3 Å². The van der Waals surface area contributed by atoms with Gasteiger partial charge in [-0.3, -0.25) is 4.79 Å². The first kappa shape index (κ1) is 18.9. The lowest BCUT2D eigenvalue weighted by Gasteiger charge is -2.18. The largest absolute Gasteiger partial charge is 0.486 e. The van der Waals surface area contributed by atoms with E-state index in [4.69, 9.17) is 32.7 Å². The number of nitrogens with zero attached hydrogens (tertiary/aromatic N) is 2. The van der Waals surface area contributed by atoms with Gasteiger partial charge in [0.05, 0.1) is 11.2 Å². The van der Waals surface area contributed by atoms with Crippen molar-refractivity contribution in [2.24, 2.45) is 0 Å². The van der Waals surface area contributed by atoms with Gasteiger partial charge in [0, 0.05) is 27.1 Å². The monoisotopic (exact) mass is 436 g/mol. The van der Waals surface area contributed by atoms with Crippen LogP contribution in [0.5, 0.6) is 11.5 Å². The number of ketones is 1. The van der Waals surface area contributed by atoms with E-state index >= 15 is 0 Å². The fourth-order valence-electron chi connectivity index (χ4n) is 3.45. The molecule has 1 aliphatic heterocycles. The summed E-state index contributed by atoms with van der Waals surface area (Å²) < 4.78 is 11.1. The molecule has 5 rings (SSSR count). The first-order valence-electron chi connectivity index (χ1n) is 9.26. The van der Waals surface area contributed by atoms with Gasteiger partial charge in [-0.15, -0.1) is 0 Å². The van der Waals surface area contributed by atoms with Crippen LogP contribution in [0.25, 0.3) is 22.2 Å². The average molecular weight is 437 g/mol. The van der Waals surface area contributed by atoms with E-state index in [-0.39, 0.29) is 11.1 Å². The highest BCUT2D eigenvalue weighted by Gasteiger charge is 2.18. The first-order valence-corrected chi connectivity index (χ1v) is 10.0. The second-order valence-corrected chi connectivity index (χ2v) is 7.55. The Morgan fingerprint density at radius 1 is 0.833 bits per heavy atom. The minimum atomic E-state index is -0.138. The number of fused-ring (bicyclic) bond motifs is 2. The zero-order valence-electron chi connectivity index (χ0n) is 15.6. The summed E-state index contributed by atoms with van der Waals surface area (Å²) in [6.45, 7) is 0.960. The van der Waals surface area contributed by atoms with Gasteiger partial charge in [-0.25, -0.2) is 9.97 Å². The van der Waals surface area contributed by atoms with Crippen molar-refractivity contribution in [2.45, 2.75) is 0 Å². The Morgan fingerprint density at radius 2 is 1.60 bits per heavy atom. The lowest BCUT2D eigenvalue weighted by Crippen LogP contribution is -2.15. The second kappa shape index (κ2) is 7.59. The van der Waals surface area contributed by atoms with Crippen LogP contribution in [0.15, 0.2) is 60.7 Å². The number of rotatable bonds is 3. The SMILES string of the molecule is O=C(c1ccc2c(c1)OCCO2)c1ccc2nc(Cl)nc(-c3cccc(Cl)c3)c2c1. The van der Waals surface area contributed by atoms with Gasteiger partial charge in [0.25, 0.3) is 0 Å². The van der Waals surface area contributed by atoms with Gasteiger partial charge in [-0.2, -0.15) is 0 Å². The second-order valence-electron chi connectivity index (χ2n) is 6.77. The van der Waals surface area contributed by atoms with Crippen molar-refractivity contribution in [2.75, 3.05) is 13.2 Å². The topological polar surface area (TPSA) is 61.3 Å². The molecule has 0 saturated heterocycles. The molecule has 30 heavy (non-hydrogen) atoms. The van der Waals surface area contributed by atoms with Crippen LogP contribution in [-0.4, -0.2) is 29.0 Å². The fraction of sp³-hybridized carbons (Fsp3) is 0.0870. The molecule has 0 saturated carbocycles. The maximum atomic E-state index is 13.2. The molecule has 0 fully saturated rings. The molecule has 0 unspecified atom stereocenters. The van der Waals surface area contributed by atoms with Crippen LogP contribution in [0, 0.1) is 0 Å². The van der Waals surface area contributed by atoms with E-state index in [0.29, 0.717) is 57.5 Å². The van der Waals surface area contributed by atoms with E-state index in [1.165, 1.54) is 0 Å². The molecule has 4 aromatic rings. The Morgan fingerprint density at radius 3 is 2.43 bits per heavy atom. The number of benzene rings is 3. The average Bonchev–Trinajstić information content (AvgIpc) is 2.77. The summed E-state index contributed by atoms with van der Waals surface area (Å²) in [6.07, 6.45) is 0. The lowest BCUT2D eigenvalue weighted by atomic mass is 9.99. The highest BCUT2D eigenvalue weighted by molar-refractivity contribution is 6.31. The van der Waals surface area contributed by atoms with Crippen molar-refractivity contribution in [1.29, 1.82) is 0 Å². The number of hydrogen-bond donors (Lipinski definition) is 0. The van der Waals surface area contributed by atoms with E-state index in [2.05, 4.69) is 9.97 Å². The molecule has 5 nitrogen and oxygen atoms in total. The number of aromatic nitrogens is 2. The molecule has 0 atom stereocenters. The van der Waals surface area contributed by atoms with E-state index in [0.717, 1.165) is 5.56 Å². The van der Waals surface area contributed by atoms with E-state index < -0.39 is 0 Å². The maximum Gasteiger partial charge on any atom is 0.223 e. The third kappa shape index (κ3) is 3.47. The van der Waals surface area contributed by atoms with Crippen molar-refractivity contribution in [1.82, 2.24) is 9.97 Å². The fourth-order valence-corrected chi connectivity index (χ4v) is 3.81. The number of carbonyl (C=O) groups excluding carboxylic acids is 1. The number of ether oxygens (including phenoxy) is 2. The van der Waals surface area contributed by atoms with Gasteiger partial charge >= 0.3 is 0 Å². The molecule has 0 N–H and O–H groups in total. The molecular formula is C23H14Cl2N2O3. The van der Waals surface area contributed by atoms with Gasteiger partial charge < -0.3 is 9.47 Å². The van der Waals surface area contributed by atoms with Crippen LogP contribution in [0.3, 0.4) is 0 Å². The van der Waals surface area contributed by atoms with Gasteiger partial charge in [-0.05, 0) is 60.1 Å². The Bertz CT molecular complexity index is 1310. The zero-order chi connectivity index (χ0) is 20.7.